The molecular weight excluding hydrogens is 212 g/mol. The van der Waals surface area contributed by atoms with Crippen molar-refractivity contribution in [1.29, 1.82) is 0 Å². The summed E-state index contributed by atoms with van der Waals surface area (Å²) in [7, 11) is 0. The molecule has 4 heteroatoms. The lowest BCUT2D eigenvalue weighted by Crippen LogP contribution is -2.30. The molecule has 0 fully saturated rings. The third-order valence-corrected chi connectivity index (χ3v) is 3.19. The summed E-state index contributed by atoms with van der Waals surface area (Å²) in [4.78, 5) is 4.41. The van der Waals surface area contributed by atoms with Crippen molar-refractivity contribution in [2.45, 2.75) is 59.5 Å². The molecule has 0 aliphatic rings. The molecule has 0 radical (unpaired) electrons. The van der Waals surface area contributed by atoms with Gasteiger partial charge < -0.3 is 5.32 Å². The number of aromatic nitrogens is 3. The van der Waals surface area contributed by atoms with Crippen LogP contribution in [0.15, 0.2) is 6.33 Å². The molecule has 98 valence electrons. The third kappa shape index (κ3) is 4.11. The molecule has 0 aliphatic carbocycles. The Hall–Kier alpha value is -0.900. The highest BCUT2D eigenvalue weighted by Crippen LogP contribution is 2.21. The van der Waals surface area contributed by atoms with Gasteiger partial charge >= 0.3 is 0 Å². The first-order chi connectivity index (χ1) is 8.06. The van der Waals surface area contributed by atoms with E-state index >= 15 is 0 Å². The molecule has 1 aromatic heterocycles. The Morgan fingerprint density at radius 1 is 1.29 bits per heavy atom. The van der Waals surface area contributed by atoms with E-state index in [0.717, 1.165) is 25.3 Å². The predicted octanol–water partition coefficient (Wildman–Crippen LogP) is 2.43. The predicted molar refractivity (Wildman–Crippen MR) is 71.0 cm³/mol. The summed E-state index contributed by atoms with van der Waals surface area (Å²) in [5, 5.41) is 7.77. The maximum atomic E-state index is 4.41. The van der Waals surface area contributed by atoms with E-state index in [2.05, 4.69) is 50.0 Å². The first-order valence-electron chi connectivity index (χ1n) is 6.67. The SMILES string of the molecule is CCCn1ncnc1C(C)C(C)CNC(C)C. The van der Waals surface area contributed by atoms with Crippen LogP contribution in [0.4, 0.5) is 0 Å². The van der Waals surface area contributed by atoms with Crippen LogP contribution in [0.3, 0.4) is 0 Å². The molecular formula is C13H26N4. The van der Waals surface area contributed by atoms with E-state index in [1.807, 2.05) is 4.68 Å². The van der Waals surface area contributed by atoms with Crippen LogP contribution < -0.4 is 5.32 Å². The number of aryl methyl sites for hydroxylation is 1. The minimum absolute atomic E-state index is 0.440. The van der Waals surface area contributed by atoms with Gasteiger partial charge in [0.05, 0.1) is 0 Å². The number of hydrogen-bond acceptors (Lipinski definition) is 3. The fourth-order valence-electron chi connectivity index (χ4n) is 1.86. The Bertz CT molecular complexity index is 319. The zero-order chi connectivity index (χ0) is 12.8. The lowest BCUT2D eigenvalue weighted by molar-refractivity contribution is 0.398. The van der Waals surface area contributed by atoms with Gasteiger partial charge in [0.2, 0.25) is 0 Å². The summed E-state index contributed by atoms with van der Waals surface area (Å²) < 4.78 is 2.04. The Labute approximate surface area is 105 Å². The molecule has 0 saturated carbocycles. The van der Waals surface area contributed by atoms with Gasteiger partial charge in [0.15, 0.2) is 0 Å². The molecule has 17 heavy (non-hydrogen) atoms. The van der Waals surface area contributed by atoms with Crippen LogP contribution in [0.5, 0.6) is 0 Å². The van der Waals surface area contributed by atoms with Crippen molar-refractivity contribution >= 4 is 0 Å². The molecule has 0 saturated heterocycles. The molecule has 0 aliphatic heterocycles. The lowest BCUT2D eigenvalue weighted by atomic mass is 9.95. The van der Waals surface area contributed by atoms with E-state index in [4.69, 9.17) is 0 Å². The smallest absolute Gasteiger partial charge is 0.138 e. The minimum Gasteiger partial charge on any atom is -0.314 e. The summed E-state index contributed by atoms with van der Waals surface area (Å²) in [6.45, 7) is 13.0. The fraction of sp³-hybridized carbons (Fsp3) is 0.846. The van der Waals surface area contributed by atoms with Crippen molar-refractivity contribution < 1.29 is 0 Å². The molecule has 0 spiro atoms. The Morgan fingerprint density at radius 3 is 2.59 bits per heavy atom. The van der Waals surface area contributed by atoms with Crippen LogP contribution in [-0.4, -0.2) is 27.4 Å². The van der Waals surface area contributed by atoms with Gasteiger partial charge in [0.1, 0.15) is 12.2 Å². The molecule has 2 unspecified atom stereocenters. The molecule has 1 aromatic rings. The number of rotatable bonds is 7. The van der Waals surface area contributed by atoms with Crippen molar-refractivity contribution in [2.75, 3.05) is 6.54 Å². The average Bonchev–Trinajstić information content (AvgIpc) is 2.73. The molecule has 4 nitrogen and oxygen atoms in total. The topological polar surface area (TPSA) is 42.7 Å². The standard InChI is InChI=1S/C13H26N4/c1-6-7-17-13(15-9-16-17)12(5)11(4)8-14-10(2)3/h9-12,14H,6-8H2,1-5H3. The fourth-order valence-corrected chi connectivity index (χ4v) is 1.86. The van der Waals surface area contributed by atoms with Crippen LogP contribution >= 0.6 is 0 Å². The molecule has 2 atom stereocenters. The highest BCUT2D eigenvalue weighted by Gasteiger charge is 2.19. The zero-order valence-corrected chi connectivity index (χ0v) is 11.8. The number of hydrogen-bond donors (Lipinski definition) is 1. The van der Waals surface area contributed by atoms with Gasteiger partial charge in [-0.1, -0.05) is 34.6 Å². The minimum atomic E-state index is 0.440. The molecule has 0 amide bonds. The maximum absolute atomic E-state index is 4.41. The molecule has 0 aromatic carbocycles. The van der Waals surface area contributed by atoms with Crippen molar-refractivity contribution in [3.05, 3.63) is 12.2 Å². The van der Waals surface area contributed by atoms with Gasteiger partial charge in [0, 0.05) is 18.5 Å². The Balaban J connectivity index is 2.60. The van der Waals surface area contributed by atoms with Gasteiger partial charge in [-0.25, -0.2) is 9.67 Å². The first kappa shape index (κ1) is 14.2. The lowest BCUT2D eigenvalue weighted by Gasteiger charge is -2.21. The molecule has 1 rings (SSSR count). The van der Waals surface area contributed by atoms with Gasteiger partial charge in [0.25, 0.3) is 0 Å². The van der Waals surface area contributed by atoms with E-state index in [9.17, 15) is 0 Å². The van der Waals surface area contributed by atoms with E-state index < -0.39 is 0 Å². The van der Waals surface area contributed by atoms with Crippen molar-refractivity contribution in [3.8, 4) is 0 Å². The summed E-state index contributed by atoms with van der Waals surface area (Å²) >= 11 is 0. The Morgan fingerprint density at radius 2 is 2.00 bits per heavy atom. The normalized spacial score (nSPS) is 15.2. The second-order valence-electron chi connectivity index (χ2n) is 5.17. The average molecular weight is 238 g/mol. The van der Waals surface area contributed by atoms with Crippen LogP contribution in [0.25, 0.3) is 0 Å². The number of nitrogens with one attached hydrogen (secondary N) is 1. The summed E-state index contributed by atoms with van der Waals surface area (Å²) in [5.74, 6) is 2.12. The van der Waals surface area contributed by atoms with Crippen LogP contribution in [0.1, 0.15) is 52.8 Å². The van der Waals surface area contributed by atoms with E-state index in [0.29, 0.717) is 17.9 Å². The largest absolute Gasteiger partial charge is 0.314 e. The second kappa shape index (κ2) is 6.74. The molecule has 1 heterocycles. The van der Waals surface area contributed by atoms with Crippen LogP contribution in [0.2, 0.25) is 0 Å². The molecule has 0 bridgehead atoms. The summed E-state index contributed by atoms with van der Waals surface area (Å²) in [6.07, 6.45) is 2.77. The third-order valence-electron chi connectivity index (χ3n) is 3.19. The summed E-state index contributed by atoms with van der Waals surface area (Å²) in [6, 6.07) is 0.540. The van der Waals surface area contributed by atoms with Crippen LogP contribution in [-0.2, 0) is 6.54 Å². The first-order valence-corrected chi connectivity index (χ1v) is 6.67. The van der Waals surface area contributed by atoms with Crippen molar-refractivity contribution in [2.24, 2.45) is 5.92 Å². The van der Waals surface area contributed by atoms with E-state index in [1.54, 1.807) is 6.33 Å². The number of nitrogens with zero attached hydrogens (tertiary/aromatic N) is 3. The second-order valence-corrected chi connectivity index (χ2v) is 5.17. The Kier molecular flexibility index (Phi) is 5.62. The molecule has 1 N–H and O–H groups in total. The van der Waals surface area contributed by atoms with E-state index in [1.165, 1.54) is 0 Å². The van der Waals surface area contributed by atoms with Gasteiger partial charge in [-0.3, -0.25) is 0 Å². The van der Waals surface area contributed by atoms with Crippen LogP contribution in [0, 0.1) is 5.92 Å². The maximum Gasteiger partial charge on any atom is 0.138 e. The van der Waals surface area contributed by atoms with Gasteiger partial charge in [-0.15, -0.1) is 0 Å². The summed E-state index contributed by atoms with van der Waals surface area (Å²) in [5.41, 5.74) is 0. The highest BCUT2D eigenvalue weighted by atomic mass is 15.3. The van der Waals surface area contributed by atoms with Gasteiger partial charge in [-0.05, 0) is 18.9 Å². The highest BCUT2D eigenvalue weighted by molar-refractivity contribution is 4.96. The van der Waals surface area contributed by atoms with Gasteiger partial charge in [-0.2, -0.15) is 5.10 Å². The quantitative estimate of drug-likeness (QED) is 0.793. The van der Waals surface area contributed by atoms with Crippen molar-refractivity contribution in [1.82, 2.24) is 20.1 Å². The monoisotopic (exact) mass is 238 g/mol. The van der Waals surface area contributed by atoms with E-state index in [-0.39, 0.29) is 0 Å². The van der Waals surface area contributed by atoms with Crippen molar-refractivity contribution in [3.63, 3.8) is 0 Å². The zero-order valence-electron chi connectivity index (χ0n) is 11.8.